The van der Waals surface area contributed by atoms with E-state index in [9.17, 15) is 4.79 Å². The number of carbonyl (C=O) groups is 1. The summed E-state index contributed by atoms with van der Waals surface area (Å²) >= 11 is 1.62. The SMILES string of the molecule is Cc1cccc(C(=O)NCCc2nc(C)cs2)n1. The molecule has 0 aliphatic rings. The summed E-state index contributed by atoms with van der Waals surface area (Å²) in [6.45, 7) is 4.42. The molecule has 2 rings (SSSR count). The van der Waals surface area contributed by atoms with Crippen molar-refractivity contribution < 1.29 is 4.79 Å². The van der Waals surface area contributed by atoms with E-state index in [4.69, 9.17) is 0 Å². The molecular formula is C13H15N3OS. The number of nitrogens with zero attached hydrogens (tertiary/aromatic N) is 2. The van der Waals surface area contributed by atoms with Crippen molar-refractivity contribution in [3.8, 4) is 0 Å². The molecule has 0 fully saturated rings. The van der Waals surface area contributed by atoms with Crippen molar-refractivity contribution in [3.63, 3.8) is 0 Å². The van der Waals surface area contributed by atoms with E-state index in [-0.39, 0.29) is 5.91 Å². The van der Waals surface area contributed by atoms with Crippen LogP contribution in [-0.2, 0) is 6.42 Å². The molecule has 2 heterocycles. The summed E-state index contributed by atoms with van der Waals surface area (Å²) < 4.78 is 0. The molecule has 0 aromatic carbocycles. The molecule has 1 amide bonds. The van der Waals surface area contributed by atoms with E-state index < -0.39 is 0 Å². The van der Waals surface area contributed by atoms with Gasteiger partial charge >= 0.3 is 0 Å². The van der Waals surface area contributed by atoms with Gasteiger partial charge in [0.15, 0.2) is 0 Å². The zero-order chi connectivity index (χ0) is 13.0. The first-order valence-corrected chi connectivity index (χ1v) is 6.66. The minimum Gasteiger partial charge on any atom is -0.350 e. The van der Waals surface area contributed by atoms with Crippen LogP contribution in [0.25, 0.3) is 0 Å². The fraction of sp³-hybridized carbons (Fsp3) is 0.308. The Bertz CT molecular complexity index is 551. The second-order valence-corrected chi connectivity index (χ2v) is 5.00. The maximum atomic E-state index is 11.8. The van der Waals surface area contributed by atoms with E-state index in [0.717, 1.165) is 22.8 Å². The number of aromatic nitrogens is 2. The predicted molar refractivity (Wildman–Crippen MR) is 71.9 cm³/mol. The number of amides is 1. The monoisotopic (exact) mass is 261 g/mol. The number of hydrogen-bond donors (Lipinski definition) is 1. The van der Waals surface area contributed by atoms with Gasteiger partial charge in [-0.2, -0.15) is 0 Å². The molecule has 2 aromatic heterocycles. The molecule has 0 radical (unpaired) electrons. The molecule has 2 aromatic rings. The second kappa shape index (κ2) is 5.73. The first kappa shape index (κ1) is 12.7. The van der Waals surface area contributed by atoms with Crippen LogP contribution in [0.4, 0.5) is 0 Å². The van der Waals surface area contributed by atoms with Crippen LogP contribution < -0.4 is 5.32 Å². The van der Waals surface area contributed by atoms with E-state index in [0.29, 0.717) is 12.2 Å². The quantitative estimate of drug-likeness (QED) is 0.917. The first-order chi connectivity index (χ1) is 8.65. The summed E-state index contributed by atoms with van der Waals surface area (Å²) in [5.74, 6) is -0.132. The number of nitrogens with one attached hydrogen (secondary N) is 1. The average Bonchev–Trinajstić information content (AvgIpc) is 2.75. The van der Waals surface area contributed by atoms with Gasteiger partial charge in [-0.05, 0) is 26.0 Å². The molecule has 5 heteroatoms. The van der Waals surface area contributed by atoms with Gasteiger partial charge in [0.25, 0.3) is 5.91 Å². The van der Waals surface area contributed by atoms with Crippen molar-refractivity contribution in [2.75, 3.05) is 6.54 Å². The topological polar surface area (TPSA) is 54.9 Å². The van der Waals surface area contributed by atoms with Crippen molar-refractivity contribution in [1.82, 2.24) is 15.3 Å². The Morgan fingerprint density at radius 1 is 1.28 bits per heavy atom. The third kappa shape index (κ3) is 3.37. The minimum absolute atomic E-state index is 0.132. The fourth-order valence-corrected chi connectivity index (χ4v) is 2.34. The van der Waals surface area contributed by atoms with Crippen molar-refractivity contribution in [3.05, 3.63) is 45.7 Å². The molecule has 0 spiro atoms. The van der Waals surface area contributed by atoms with E-state index in [1.165, 1.54) is 0 Å². The Kier molecular flexibility index (Phi) is 4.04. The van der Waals surface area contributed by atoms with Crippen LogP contribution in [-0.4, -0.2) is 22.4 Å². The van der Waals surface area contributed by atoms with Crippen molar-refractivity contribution in [2.45, 2.75) is 20.3 Å². The van der Waals surface area contributed by atoms with E-state index in [2.05, 4.69) is 15.3 Å². The number of aryl methyl sites for hydroxylation is 2. The normalized spacial score (nSPS) is 10.3. The van der Waals surface area contributed by atoms with E-state index in [1.54, 1.807) is 17.4 Å². The lowest BCUT2D eigenvalue weighted by atomic mass is 10.3. The van der Waals surface area contributed by atoms with Gasteiger partial charge in [-0.15, -0.1) is 11.3 Å². The maximum Gasteiger partial charge on any atom is 0.269 e. The lowest BCUT2D eigenvalue weighted by Gasteiger charge is -2.03. The molecule has 0 saturated carbocycles. The number of rotatable bonds is 4. The molecule has 0 saturated heterocycles. The van der Waals surface area contributed by atoms with Crippen LogP contribution in [0.2, 0.25) is 0 Å². The third-order valence-corrected chi connectivity index (χ3v) is 3.44. The van der Waals surface area contributed by atoms with Gasteiger partial charge in [0.05, 0.1) is 5.01 Å². The van der Waals surface area contributed by atoms with Crippen LogP contribution in [0.3, 0.4) is 0 Å². The Balaban J connectivity index is 1.85. The standard InChI is InChI=1S/C13H15N3OS/c1-9-4-3-5-11(15-9)13(17)14-7-6-12-16-10(2)8-18-12/h3-5,8H,6-7H2,1-2H3,(H,14,17). The van der Waals surface area contributed by atoms with Crippen LogP contribution >= 0.6 is 11.3 Å². The number of carbonyl (C=O) groups excluding carboxylic acids is 1. The zero-order valence-corrected chi connectivity index (χ0v) is 11.3. The highest BCUT2D eigenvalue weighted by atomic mass is 32.1. The van der Waals surface area contributed by atoms with Gasteiger partial charge < -0.3 is 5.32 Å². The maximum absolute atomic E-state index is 11.8. The summed E-state index contributed by atoms with van der Waals surface area (Å²) in [4.78, 5) is 20.3. The first-order valence-electron chi connectivity index (χ1n) is 5.78. The summed E-state index contributed by atoms with van der Waals surface area (Å²) in [5, 5.41) is 5.91. The van der Waals surface area contributed by atoms with Crippen molar-refractivity contribution in [2.24, 2.45) is 0 Å². The Morgan fingerprint density at radius 3 is 2.78 bits per heavy atom. The molecule has 94 valence electrons. The summed E-state index contributed by atoms with van der Waals surface area (Å²) in [6, 6.07) is 5.42. The highest BCUT2D eigenvalue weighted by Crippen LogP contribution is 2.08. The summed E-state index contributed by atoms with van der Waals surface area (Å²) in [6.07, 6.45) is 0.760. The van der Waals surface area contributed by atoms with Gasteiger partial charge in [0.2, 0.25) is 0 Å². The van der Waals surface area contributed by atoms with Gasteiger partial charge in [-0.25, -0.2) is 9.97 Å². The van der Waals surface area contributed by atoms with Crippen LogP contribution in [0, 0.1) is 13.8 Å². The highest BCUT2D eigenvalue weighted by Gasteiger charge is 2.06. The second-order valence-electron chi connectivity index (χ2n) is 4.05. The molecule has 0 atom stereocenters. The largest absolute Gasteiger partial charge is 0.350 e. The van der Waals surface area contributed by atoms with Gasteiger partial charge in [0, 0.05) is 29.7 Å². The van der Waals surface area contributed by atoms with Crippen molar-refractivity contribution >= 4 is 17.2 Å². The third-order valence-electron chi connectivity index (χ3n) is 2.41. The smallest absolute Gasteiger partial charge is 0.269 e. The lowest BCUT2D eigenvalue weighted by molar-refractivity contribution is 0.0949. The van der Waals surface area contributed by atoms with Crippen molar-refractivity contribution in [1.29, 1.82) is 0 Å². The Hall–Kier alpha value is -1.75. The molecule has 4 nitrogen and oxygen atoms in total. The van der Waals surface area contributed by atoms with Crippen LogP contribution in [0.1, 0.15) is 26.9 Å². The summed E-state index contributed by atoms with van der Waals surface area (Å²) in [5.41, 5.74) is 2.34. The fourth-order valence-electron chi connectivity index (χ4n) is 1.56. The van der Waals surface area contributed by atoms with Crippen LogP contribution in [0.15, 0.2) is 23.6 Å². The van der Waals surface area contributed by atoms with E-state index >= 15 is 0 Å². The zero-order valence-electron chi connectivity index (χ0n) is 10.4. The molecule has 0 aliphatic heterocycles. The van der Waals surface area contributed by atoms with Gasteiger partial charge in [-0.3, -0.25) is 4.79 Å². The lowest BCUT2D eigenvalue weighted by Crippen LogP contribution is -2.26. The van der Waals surface area contributed by atoms with Gasteiger partial charge in [-0.1, -0.05) is 6.07 Å². The summed E-state index contributed by atoms with van der Waals surface area (Å²) in [7, 11) is 0. The molecule has 0 bridgehead atoms. The Labute approximate surface area is 110 Å². The minimum atomic E-state index is -0.132. The molecule has 1 N–H and O–H groups in total. The molecule has 0 unspecified atom stereocenters. The van der Waals surface area contributed by atoms with Crippen LogP contribution in [0.5, 0.6) is 0 Å². The predicted octanol–water partition coefficient (Wildman–Crippen LogP) is 2.13. The molecular weight excluding hydrogens is 246 g/mol. The highest BCUT2D eigenvalue weighted by molar-refractivity contribution is 7.09. The average molecular weight is 261 g/mol. The number of hydrogen-bond acceptors (Lipinski definition) is 4. The Morgan fingerprint density at radius 2 is 2.11 bits per heavy atom. The molecule has 18 heavy (non-hydrogen) atoms. The number of pyridine rings is 1. The number of thiazole rings is 1. The van der Waals surface area contributed by atoms with E-state index in [1.807, 2.05) is 31.4 Å². The molecule has 0 aliphatic carbocycles. The van der Waals surface area contributed by atoms with Gasteiger partial charge in [0.1, 0.15) is 5.69 Å².